The lowest BCUT2D eigenvalue weighted by Gasteiger charge is -2.28. The Morgan fingerprint density at radius 2 is 0.485 bits per heavy atom. The third-order valence-corrected chi connectivity index (χ3v) is 16.6. The Hall–Kier alpha value is -5.75. The summed E-state index contributed by atoms with van der Waals surface area (Å²) in [5.41, 5.74) is 0. The van der Waals surface area contributed by atoms with Crippen molar-refractivity contribution in [1.82, 2.24) is 36.0 Å². The van der Waals surface area contributed by atoms with Gasteiger partial charge in [-0.2, -0.15) is 0 Å². The zero-order valence-corrected chi connectivity index (χ0v) is 61.8. The van der Waals surface area contributed by atoms with E-state index in [1.54, 1.807) is 4.90 Å². The first-order valence-electron chi connectivity index (χ1n) is 38.5. The smallest absolute Gasteiger partial charge is 0.317 e. The van der Waals surface area contributed by atoms with Crippen LogP contribution in [0.15, 0.2) is 0 Å². The van der Waals surface area contributed by atoms with E-state index >= 15 is 0 Å². The maximum atomic E-state index is 12.6. The Bertz CT molecular complexity index is 2130. The number of carbonyl (C=O) groups is 7. The Balaban J connectivity index is 4.10. The number of nitrogens with one attached hydrogen (secondary N) is 4. The molecule has 0 aliphatic carbocycles. The van der Waals surface area contributed by atoms with Crippen LogP contribution < -0.4 is 21.3 Å². The molecule has 21 heteroatoms. The lowest BCUT2D eigenvalue weighted by Crippen LogP contribution is -2.45. The number of hydrogen-bond donors (Lipinski definition) is 7. The molecular formula is C78H135N7O14. The number of rotatable bonds is 72. The standard InChI is InChI=1S/C78H135N7O14/c1-3-5-7-9-11-13-15-17-19-21-23-25-27-29-31-33-35-37-39-41-43-45-47-72(86)79-51-61-96-65-67-98-63-53-81-74(88)49-55-83(69-76(90)91)57-59-85(71-78(94)95)60-58-84(70-77(92)93)56-50-75(89)82-54-64-99-68-66-97-62-52-80-73(87)48-46-44-42-40-38-36-34-32-30-28-26-24-22-20-18-16-14-12-10-8-6-4-2/h3-24,33-71H2,1-2H3,(H,79,86)(H,80,87)(H,81,88)(H,82,89)(H,90,91)(H,92,93)(H,94,95). The second-order valence-corrected chi connectivity index (χ2v) is 25.7. The van der Waals surface area contributed by atoms with Crippen LogP contribution in [-0.4, -0.2) is 209 Å². The first-order chi connectivity index (χ1) is 48.4. The maximum absolute atomic E-state index is 12.6. The molecule has 0 radical (unpaired) electrons. The van der Waals surface area contributed by atoms with Gasteiger partial charge in [0.15, 0.2) is 0 Å². The molecule has 99 heavy (non-hydrogen) atoms. The molecule has 21 nitrogen and oxygen atoms in total. The average Bonchev–Trinajstić information content (AvgIpc) is 2.49. The van der Waals surface area contributed by atoms with Gasteiger partial charge in [0.1, 0.15) is 0 Å². The lowest BCUT2D eigenvalue weighted by molar-refractivity contribution is -0.140. The summed E-state index contributed by atoms with van der Waals surface area (Å²) in [5.74, 6) is 20.8. The maximum Gasteiger partial charge on any atom is 0.317 e. The molecule has 0 aliphatic heterocycles. The molecule has 566 valence electrons. The van der Waals surface area contributed by atoms with Crippen LogP contribution in [0, 0.1) is 47.4 Å². The summed E-state index contributed by atoms with van der Waals surface area (Å²) >= 11 is 0. The van der Waals surface area contributed by atoms with Gasteiger partial charge in [-0.25, -0.2) is 0 Å². The summed E-state index contributed by atoms with van der Waals surface area (Å²) in [7, 11) is 0. The zero-order valence-electron chi connectivity index (χ0n) is 61.8. The molecular weight excluding hydrogens is 1260 g/mol. The normalized spacial score (nSPS) is 10.9. The number of unbranched alkanes of at least 4 members (excludes halogenated alkanes) is 32. The molecule has 0 aliphatic rings. The fraction of sp³-hybridized carbons (Fsp3) is 0.808. The van der Waals surface area contributed by atoms with E-state index in [1.165, 1.54) is 138 Å². The predicted octanol–water partition coefficient (Wildman–Crippen LogP) is 11.3. The van der Waals surface area contributed by atoms with Gasteiger partial charge in [-0.3, -0.25) is 48.3 Å². The molecule has 0 aromatic heterocycles. The third-order valence-electron chi connectivity index (χ3n) is 16.6. The molecule has 0 aromatic rings. The number of carbonyl (C=O) groups excluding carboxylic acids is 4. The highest BCUT2D eigenvalue weighted by molar-refractivity contribution is 5.77. The van der Waals surface area contributed by atoms with Crippen LogP contribution in [0.1, 0.15) is 271 Å². The number of ether oxygens (including phenoxy) is 4. The summed E-state index contributed by atoms with van der Waals surface area (Å²) in [6, 6.07) is 0. The van der Waals surface area contributed by atoms with E-state index in [1.807, 2.05) is 0 Å². The number of nitrogens with zero attached hydrogens (tertiary/aromatic N) is 3. The number of hydrogen-bond acceptors (Lipinski definition) is 14. The quantitative estimate of drug-likeness (QED) is 0.0220. The molecule has 0 atom stereocenters. The number of aliphatic carboxylic acids is 3. The molecule has 0 heterocycles. The van der Waals surface area contributed by atoms with Crippen molar-refractivity contribution in [3.8, 4) is 47.4 Å². The summed E-state index contributed by atoms with van der Waals surface area (Å²) in [4.78, 5) is 89.6. The van der Waals surface area contributed by atoms with Gasteiger partial charge < -0.3 is 55.5 Å². The van der Waals surface area contributed by atoms with Crippen molar-refractivity contribution in [1.29, 1.82) is 0 Å². The molecule has 0 rings (SSSR count). The molecule has 0 saturated carbocycles. The van der Waals surface area contributed by atoms with E-state index in [0.29, 0.717) is 65.6 Å². The third kappa shape index (κ3) is 74.8. The Morgan fingerprint density at radius 3 is 0.727 bits per heavy atom. The van der Waals surface area contributed by atoms with Crippen molar-refractivity contribution < 1.29 is 67.8 Å². The SMILES string of the molecule is CCCCCCCCCCCCC#CC#CCCCCCCCCC(=O)NCCOCCOCCNC(=O)CCN(CCN(CCN(CCC(=O)NCCOCCOCCNC(=O)CCCCCCCCC#CC#CCCCCCCCCCCCC)CC(=O)O)CC(=O)O)CC(=O)O. The van der Waals surface area contributed by atoms with E-state index < -0.39 is 24.5 Å². The van der Waals surface area contributed by atoms with Crippen molar-refractivity contribution in [2.45, 2.75) is 271 Å². The molecule has 0 unspecified atom stereocenters. The Labute approximate surface area is 598 Å². The second kappa shape index (κ2) is 74.9. The van der Waals surface area contributed by atoms with Gasteiger partial charge in [0.2, 0.25) is 23.6 Å². The summed E-state index contributed by atoms with van der Waals surface area (Å²) in [6.07, 6.45) is 43.9. The summed E-state index contributed by atoms with van der Waals surface area (Å²) in [6.45, 7) is 7.67. The van der Waals surface area contributed by atoms with Crippen molar-refractivity contribution in [2.75, 3.05) is 138 Å². The first kappa shape index (κ1) is 93.2. The van der Waals surface area contributed by atoms with Crippen molar-refractivity contribution >= 4 is 41.5 Å². The van der Waals surface area contributed by atoms with Gasteiger partial charge in [0.25, 0.3) is 0 Å². The monoisotopic (exact) mass is 1390 g/mol. The molecule has 0 aromatic carbocycles. The number of amides is 4. The zero-order chi connectivity index (χ0) is 72.2. The van der Waals surface area contributed by atoms with Crippen LogP contribution in [0.25, 0.3) is 0 Å². The van der Waals surface area contributed by atoms with Crippen LogP contribution >= 0.6 is 0 Å². The average molecular weight is 1390 g/mol. The van der Waals surface area contributed by atoms with Crippen molar-refractivity contribution in [2.24, 2.45) is 0 Å². The fourth-order valence-electron chi connectivity index (χ4n) is 10.8. The molecule has 4 amide bonds. The lowest BCUT2D eigenvalue weighted by atomic mass is 10.1. The van der Waals surface area contributed by atoms with Gasteiger partial charge >= 0.3 is 17.9 Å². The minimum absolute atomic E-state index is 0.0106. The van der Waals surface area contributed by atoms with E-state index in [-0.39, 0.29) is 115 Å². The van der Waals surface area contributed by atoms with E-state index in [2.05, 4.69) is 82.5 Å². The van der Waals surface area contributed by atoms with Gasteiger partial charge in [0, 0.05) is 117 Å². The fourth-order valence-corrected chi connectivity index (χ4v) is 10.8. The van der Waals surface area contributed by atoms with Gasteiger partial charge in [-0.1, -0.05) is 204 Å². The highest BCUT2D eigenvalue weighted by Crippen LogP contribution is 2.14. The molecule has 7 N–H and O–H groups in total. The number of carboxylic acids is 3. The van der Waals surface area contributed by atoms with E-state index in [9.17, 15) is 48.9 Å². The van der Waals surface area contributed by atoms with Crippen LogP contribution in [0.4, 0.5) is 0 Å². The minimum Gasteiger partial charge on any atom is -0.480 e. The van der Waals surface area contributed by atoms with E-state index in [0.717, 1.165) is 103 Å². The second-order valence-electron chi connectivity index (χ2n) is 25.7. The highest BCUT2D eigenvalue weighted by atomic mass is 16.5. The summed E-state index contributed by atoms with van der Waals surface area (Å²) in [5, 5.41) is 40.0. The van der Waals surface area contributed by atoms with Gasteiger partial charge in [0.05, 0.1) is 72.5 Å². The predicted molar refractivity (Wildman–Crippen MR) is 395 cm³/mol. The van der Waals surface area contributed by atoms with Crippen LogP contribution in [-0.2, 0) is 52.5 Å². The van der Waals surface area contributed by atoms with Gasteiger partial charge in [-0.15, -0.1) is 0 Å². The number of carboxylic acid groups (broad SMARTS) is 3. The molecule has 0 fully saturated rings. The largest absolute Gasteiger partial charge is 0.480 e. The van der Waals surface area contributed by atoms with Crippen LogP contribution in [0.5, 0.6) is 0 Å². The molecule has 0 spiro atoms. The molecule has 0 bridgehead atoms. The van der Waals surface area contributed by atoms with Crippen LogP contribution in [0.3, 0.4) is 0 Å². The van der Waals surface area contributed by atoms with Crippen molar-refractivity contribution in [3.63, 3.8) is 0 Å². The van der Waals surface area contributed by atoms with E-state index in [4.69, 9.17) is 18.9 Å². The Kier molecular flexibility index (Phi) is 70.6. The van der Waals surface area contributed by atoms with Crippen LogP contribution in [0.2, 0.25) is 0 Å². The Morgan fingerprint density at radius 1 is 0.273 bits per heavy atom. The topological polar surface area (TPSA) is 275 Å². The van der Waals surface area contributed by atoms with Gasteiger partial charge in [-0.05, 0) is 62.2 Å². The first-order valence-corrected chi connectivity index (χ1v) is 38.5. The van der Waals surface area contributed by atoms with Crippen molar-refractivity contribution in [3.05, 3.63) is 0 Å². The summed E-state index contributed by atoms with van der Waals surface area (Å²) < 4.78 is 22.2. The highest BCUT2D eigenvalue weighted by Gasteiger charge is 2.19. The minimum atomic E-state index is -1.13. The molecule has 0 saturated heterocycles.